The van der Waals surface area contributed by atoms with Crippen LogP contribution in [0.25, 0.3) is 55.0 Å². The minimum absolute atomic E-state index is 0.151. The zero-order valence-corrected chi connectivity index (χ0v) is 30.8. The maximum Gasteiger partial charge on any atom is 0.143 e. The third kappa shape index (κ3) is 5.04. The maximum absolute atomic E-state index is 7.06. The number of rotatable bonds is 5. The molecule has 0 saturated carbocycles. The summed E-state index contributed by atoms with van der Waals surface area (Å²) >= 11 is 0. The minimum Gasteiger partial charge on any atom is -0.456 e. The molecule has 2 aromatic heterocycles. The SMILES string of the molecule is C1=CC2c3ccccc3N(c3ccc4oc5cccc(-c6cccc7c6oc6c(C8N=C(c9ccccc9)NC(c9ccccc9)N8)cccc67)c5c4c3)C2C=C1. The van der Waals surface area contributed by atoms with Crippen molar-refractivity contribution in [2.75, 3.05) is 4.90 Å². The van der Waals surface area contributed by atoms with Crippen LogP contribution in [0.5, 0.6) is 0 Å². The summed E-state index contributed by atoms with van der Waals surface area (Å²) in [6, 6.07) is 55.6. The molecule has 4 unspecified atom stereocenters. The van der Waals surface area contributed by atoms with Crippen molar-refractivity contribution in [3.8, 4) is 11.1 Å². The fraction of sp³-hybridized carbons (Fsp3) is 0.0784. The lowest BCUT2D eigenvalue weighted by molar-refractivity contribution is 0.408. The van der Waals surface area contributed by atoms with Crippen LogP contribution in [0.1, 0.15) is 40.5 Å². The summed E-state index contributed by atoms with van der Waals surface area (Å²) in [5.41, 5.74) is 12.4. The molecule has 0 saturated heterocycles. The fourth-order valence-corrected chi connectivity index (χ4v) is 9.33. The van der Waals surface area contributed by atoms with Gasteiger partial charge < -0.3 is 19.1 Å². The summed E-state index contributed by atoms with van der Waals surface area (Å²) in [4.78, 5) is 7.73. The summed E-state index contributed by atoms with van der Waals surface area (Å²) in [5.74, 6) is 1.15. The van der Waals surface area contributed by atoms with E-state index in [1.807, 2.05) is 24.3 Å². The Labute approximate surface area is 329 Å². The first-order valence-electron chi connectivity index (χ1n) is 19.6. The van der Waals surface area contributed by atoms with Gasteiger partial charge >= 0.3 is 0 Å². The van der Waals surface area contributed by atoms with E-state index >= 15 is 0 Å². The quantitative estimate of drug-likeness (QED) is 0.184. The van der Waals surface area contributed by atoms with Gasteiger partial charge in [0.05, 0.1) is 6.04 Å². The molecule has 0 radical (unpaired) electrons. The number of allylic oxidation sites excluding steroid dienone is 2. The lowest BCUT2D eigenvalue weighted by atomic mass is 9.91. The Morgan fingerprint density at radius 2 is 1.30 bits per heavy atom. The van der Waals surface area contributed by atoms with E-state index in [-0.39, 0.29) is 18.4 Å². The first-order valence-corrected chi connectivity index (χ1v) is 19.6. The van der Waals surface area contributed by atoms with Gasteiger partial charge in [-0.1, -0.05) is 152 Å². The molecular weight excluding hydrogens is 701 g/mol. The topological polar surface area (TPSA) is 65.9 Å². The van der Waals surface area contributed by atoms with E-state index in [0.29, 0.717) is 5.92 Å². The van der Waals surface area contributed by atoms with Gasteiger partial charge in [0.25, 0.3) is 0 Å². The number of hydrogen-bond donors (Lipinski definition) is 2. The van der Waals surface area contributed by atoms with Crippen molar-refractivity contribution in [1.82, 2.24) is 10.6 Å². The molecule has 0 amide bonds. The van der Waals surface area contributed by atoms with Gasteiger partial charge in [0, 0.05) is 55.5 Å². The lowest BCUT2D eigenvalue weighted by Crippen LogP contribution is -2.44. The standard InChI is InChI=1S/C51H36N4O2/c1-3-14-31(15-4-1)49-52-50(32-16-5-2-6-17-32)54-51(53-49)40-24-12-23-39-38-22-11-21-37(47(38)57-48(39)40)36-20-13-27-45-46(36)41-30-33(28-29-44(41)56-45)55-42-25-9-7-18-34(42)35-19-8-10-26-43(35)55/h1-30,34,42,49,51,53H,(H,52,54). The summed E-state index contributed by atoms with van der Waals surface area (Å²) in [6.45, 7) is 0. The van der Waals surface area contributed by atoms with Crippen LogP contribution in [0.4, 0.5) is 11.4 Å². The van der Waals surface area contributed by atoms with Crippen LogP contribution in [-0.2, 0) is 0 Å². The Bertz CT molecular complexity index is 3120. The van der Waals surface area contributed by atoms with E-state index in [0.717, 1.165) is 83.2 Å². The van der Waals surface area contributed by atoms with Gasteiger partial charge in [-0.2, -0.15) is 0 Å². The molecule has 2 aliphatic heterocycles. The van der Waals surface area contributed by atoms with Crippen molar-refractivity contribution >= 4 is 61.1 Å². The number of furan rings is 2. The summed E-state index contributed by atoms with van der Waals surface area (Å²) in [7, 11) is 0. The van der Waals surface area contributed by atoms with Crippen LogP contribution in [0.2, 0.25) is 0 Å². The van der Waals surface area contributed by atoms with E-state index in [9.17, 15) is 0 Å². The first kappa shape index (κ1) is 32.1. The van der Waals surface area contributed by atoms with Crippen molar-refractivity contribution in [2.45, 2.75) is 24.3 Å². The summed E-state index contributed by atoms with van der Waals surface area (Å²) < 4.78 is 13.6. The van der Waals surface area contributed by atoms with E-state index in [4.69, 9.17) is 13.8 Å². The number of amidine groups is 1. The fourth-order valence-electron chi connectivity index (χ4n) is 9.33. The molecule has 57 heavy (non-hydrogen) atoms. The third-order valence-electron chi connectivity index (χ3n) is 11.9. The molecule has 9 aromatic rings. The Kier molecular flexibility index (Phi) is 7.16. The molecule has 1 aliphatic carbocycles. The molecule has 7 aromatic carbocycles. The summed E-state index contributed by atoms with van der Waals surface area (Å²) in [6.07, 6.45) is 8.47. The molecular formula is C51H36N4O2. The Morgan fingerprint density at radius 3 is 2.19 bits per heavy atom. The van der Waals surface area contributed by atoms with Crippen molar-refractivity contribution in [1.29, 1.82) is 0 Å². The zero-order valence-electron chi connectivity index (χ0n) is 30.8. The molecule has 4 heterocycles. The van der Waals surface area contributed by atoms with E-state index in [1.54, 1.807) is 0 Å². The largest absolute Gasteiger partial charge is 0.456 e. The van der Waals surface area contributed by atoms with Crippen molar-refractivity contribution in [3.63, 3.8) is 0 Å². The van der Waals surface area contributed by atoms with Crippen LogP contribution in [0.15, 0.2) is 196 Å². The maximum atomic E-state index is 7.06. The molecule has 2 N–H and O–H groups in total. The first-order chi connectivity index (χ1) is 28.3. The monoisotopic (exact) mass is 736 g/mol. The van der Waals surface area contributed by atoms with Gasteiger partial charge in [-0.3, -0.25) is 5.32 Å². The highest BCUT2D eigenvalue weighted by Crippen LogP contribution is 2.49. The minimum atomic E-state index is -0.358. The van der Waals surface area contributed by atoms with Crippen molar-refractivity contribution in [2.24, 2.45) is 4.99 Å². The number of nitrogens with one attached hydrogen (secondary N) is 2. The molecule has 0 fully saturated rings. The zero-order chi connectivity index (χ0) is 37.5. The van der Waals surface area contributed by atoms with Gasteiger partial charge in [0.1, 0.15) is 40.5 Å². The number of para-hydroxylation sites is 3. The average Bonchev–Trinajstić information content (AvgIpc) is 3.96. The van der Waals surface area contributed by atoms with E-state index in [1.165, 1.54) is 11.3 Å². The lowest BCUT2D eigenvalue weighted by Gasteiger charge is -2.32. The second kappa shape index (κ2) is 12.7. The van der Waals surface area contributed by atoms with Crippen LogP contribution in [0, 0.1) is 0 Å². The van der Waals surface area contributed by atoms with Gasteiger partial charge in [-0.05, 0) is 47.0 Å². The smallest absolute Gasteiger partial charge is 0.143 e. The highest BCUT2D eigenvalue weighted by molar-refractivity contribution is 6.18. The number of benzene rings is 7. The van der Waals surface area contributed by atoms with Crippen molar-refractivity contribution in [3.05, 3.63) is 204 Å². The van der Waals surface area contributed by atoms with Gasteiger partial charge in [-0.15, -0.1) is 0 Å². The van der Waals surface area contributed by atoms with Gasteiger partial charge in [-0.25, -0.2) is 4.99 Å². The molecule has 12 rings (SSSR count). The predicted octanol–water partition coefficient (Wildman–Crippen LogP) is 12.2. The van der Waals surface area contributed by atoms with Crippen LogP contribution >= 0.6 is 0 Å². The van der Waals surface area contributed by atoms with Crippen LogP contribution in [-0.4, -0.2) is 11.9 Å². The molecule has 272 valence electrons. The Morgan fingerprint density at radius 1 is 0.561 bits per heavy atom. The number of hydrogen-bond acceptors (Lipinski definition) is 6. The van der Waals surface area contributed by atoms with Crippen LogP contribution in [0.3, 0.4) is 0 Å². The highest BCUT2D eigenvalue weighted by atomic mass is 16.3. The molecule has 6 heteroatoms. The molecule has 0 bridgehead atoms. The Hall–Kier alpha value is -7.15. The number of fused-ring (bicyclic) bond motifs is 9. The van der Waals surface area contributed by atoms with Crippen molar-refractivity contribution < 1.29 is 8.83 Å². The second-order valence-corrected chi connectivity index (χ2v) is 15.1. The van der Waals surface area contributed by atoms with Crippen LogP contribution < -0.4 is 15.5 Å². The average molecular weight is 737 g/mol. The highest BCUT2D eigenvalue weighted by Gasteiger charge is 2.37. The third-order valence-corrected chi connectivity index (χ3v) is 11.9. The molecule has 4 atom stereocenters. The van der Waals surface area contributed by atoms with E-state index < -0.39 is 0 Å². The molecule has 0 spiro atoms. The predicted molar refractivity (Wildman–Crippen MR) is 231 cm³/mol. The normalized spacial score (nSPS) is 19.9. The Balaban J connectivity index is 1.01. The second-order valence-electron chi connectivity index (χ2n) is 15.1. The summed E-state index contributed by atoms with van der Waals surface area (Å²) in [5, 5.41) is 11.7. The number of aliphatic imine (C=N–C) groups is 1. The van der Waals surface area contributed by atoms with Gasteiger partial charge in [0.15, 0.2) is 0 Å². The van der Waals surface area contributed by atoms with E-state index in [2.05, 4.69) is 173 Å². The van der Waals surface area contributed by atoms with Gasteiger partial charge in [0.2, 0.25) is 0 Å². The molecule has 3 aliphatic rings. The number of anilines is 2. The number of nitrogens with zero attached hydrogens (tertiary/aromatic N) is 2. The molecule has 6 nitrogen and oxygen atoms in total.